The van der Waals surface area contributed by atoms with Gasteiger partial charge in [0.05, 0.1) is 17.1 Å². The topological polar surface area (TPSA) is 76.0 Å². The standard InChI is InChI=1S/C31H37FN4O2S/c1-5-11-26(31(38)33-20(4)24-13-8-9-14-25(24)32)35-30(37)21-15-16-28-27(18-21)34-29(19-23-12-10-17-39-23)36(28)22(6-2)7-3/h8-10,12-18,20,22,26H,5-7,11,19H2,1-4H3,(H,33,38)(H,35,37)/t20-,26-/m0/s1. The summed E-state index contributed by atoms with van der Waals surface area (Å²) in [4.78, 5) is 32.6. The normalized spacial score (nSPS) is 13.0. The van der Waals surface area contributed by atoms with Crippen molar-refractivity contribution in [3.05, 3.63) is 87.6 Å². The highest BCUT2D eigenvalue weighted by molar-refractivity contribution is 7.09. The molecule has 0 aliphatic rings. The average Bonchev–Trinajstić information content (AvgIpc) is 3.57. The molecule has 2 atom stereocenters. The van der Waals surface area contributed by atoms with Crippen LogP contribution in [0.5, 0.6) is 0 Å². The number of rotatable bonds is 12. The first kappa shape index (κ1) is 28.5. The molecule has 8 heteroatoms. The lowest BCUT2D eigenvalue weighted by Crippen LogP contribution is -2.47. The molecule has 0 spiro atoms. The molecular formula is C31H37FN4O2S. The van der Waals surface area contributed by atoms with E-state index in [2.05, 4.69) is 40.5 Å². The third-order valence-corrected chi connectivity index (χ3v) is 8.05. The zero-order valence-electron chi connectivity index (χ0n) is 23.0. The number of aromatic nitrogens is 2. The van der Waals surface area contributed by atoms with Gasteiger partial charge in [-0.25, -0.2) is 9.37 Å². The van der Waals surface area contributed by atoms with Gasteiger partial charge in [0.15, 0.2) is 0 Å². The Morgan fingerprint density at radius 1 is 1.03 bits per heavy atom. The summed E-state index contributed by atoms with van der Waals surface area (Å²) >= 11 is 1.71. The summed E-state index contributed by atoms with van der Waals surface area (Å²) in [6.07, 6.45) is 3.89. The smallest absolute Gasteiger partial charge is 0.252 e. The molecule has 0 bridgehead atoms. The molecule has 0 aliphatic carbocycles. The van der Waals surface area contributed by atoms with E-state index in [0.29, 0.717) is 30.0 Å². The van der Waals surface area contributed by atoms with E-state index in [0.717, 1.165) is 36.1 Å². The fraction of sp³-hybridized carbons (Fsp3) is 0.387. The number of carbonyl (C=O) groups excluding carboxylic acids is 2. The van der Waals surface area contributed by atoms with Crippen LogP contribution in [-0.2, 0) is 11.2 Å². The molecule has 2 aromatic carbocycles. The molecule has 2 N–H and O–H groups in total. The van der Waals surface area contributed by atoms with E-state index in [1.807, 2.05) is 25.1 Å². The maximum atomic E-state index is 14.2. The van der Waals surface area contributed by atoms with Gasteiger partial charge in [-0.3, -0.25) is 9.59 Å². The van der Waals surface area contributed by atoms with E-state index in [1.165, 1.54) is 10.9 Å². The highest BCUT2D eigenvalue weighted by Gasteiger charge is 2.24. The van der Waals surface area contributed by atoms with Crippen LogP contribution in [-0.4, -0.2) is 27.4 Å². The third kappa shape index (κ3) is 6.56. The number of nitrogens with zero attached hydrogens (tertiary/aromatic N) is 2. The number of amides is 2. The fourth-order valence-electron chi connectivity index (χ4n) is 5.06. The number of imidazole rings is 1. The molecule has 2 amide bonds. The van der Waals surface area contributed by atoms with E-state index in [-0.39, 0.29) is 17.6 Å². The van der Waals surface area contributed by atoms with E-state index in [9.17, 15) is 14.0 Å². The van der Waals surface area contributed by atoms with Gasteiger partial charge in [0.25, 0.3) is 5.91 Å². The lowest BCUT2D eigenvalue weighted by atomic mass is 10.1. The maximum absolute atomic E-state index is 14.2. The lowest BCUT2D eigenvalue weighted by Gasteiger charge is -2.22. The number of hydrogen-bond acceptors (Lipinski definition) is 4. The maximum Gasteiger partial charge on any atom is 0.252 e. The number of nitrogens with one attached hydrogen (secondary N) is 2. The third-order valence-electron chi connectivity index (χ3n) is 7.17. The van der Waals surface area contributed by atoms with Gasteiger partial charge < -0.3 is 15.2 Å². The first-order chi connectivity index (χ1) is 18.9. The van der Waals surface area contributed by atoms with Crippen LogP contribution in [0.25, 0.3) is 11.0 Å². The molecule has 0 radical (unpaired) electrons. The van der Waals surface area contributed by atoms with Gasteiger partial charge in [0.1, 0.15) is 17.7 Å². The number of fused-ring (bicyclic) bond motifs is 1. The van der Waals surface area contributed by atoms with E-state index < -0.39 is 12.1 Å². The van der Waals surface area contributed by atoms with Crippen molar-refractivity contribution >= 4 is 34.2 Å². The number of carbonyl (C=O) groups is 2. The Hall–Kier alpha value is -3.52. The molecule has 2 aromatic heterocycles. The SMILES string of the molecule is CCC[C@H](NC(=O)c1ccc2c(c1)nc(Cc1cccs1)n2C(CC)CC)C(=O)N[C@@H](C)c1ccccc1F. The summed E-state index contributed by atoms with van der Waals surface area (Å²) in [6, 6.07) is 15.2. The second-order valence-electron chi connectivity index (χ2n) is 9.89. The van der Waals surface area contributed by atoms with Crippen LogP contribution in [0, 0.1) is 5.82 Å². The Morgan fingerprint density at radius 2 is 1.79 bits per heavy atom. The number of halogens is 1. The van der Waals surface area contributed by atoms with Crippen LogP contribution in [0.3, 0.4) is 0 Å². The Balaban J connectivity index is 1.56. The Labute approximate surface area is 233 Å². The van der Waals surface area contributed by atoms with Crippen LogP contribution in [0.2, 0.25) is 0 Å². The summed E-state index contributed by atoms with van der Waals surface area (Å²) < 4.78 is 16.5. The zero-order chi connectivity index (χ0) is 27.9. The van der Waals surface area contributed by atoms with Gasteiger partial charge in [-0.15, -0.1) is 11.3 Å². The van der Waals surface area contributed by atoms with Crippen LogP contribution in [0.1, 0.15) is 92.1 Å². The fourth-order valence-corrected chi connectivity index (χ4v) is 5.76. The van der Waals surface area contributed by atoms with Crippen molar-refractivity contribution < 1.29 is 14.0 Å². The van der Waals surface area contributed by atoms with Crippen LogP contribution < -0.4 is 10.6 Å². The summed E-state index contributed by atoms with van der Waals surface area (Å²) in [5.41, 5.74) is 2.64. The van der Waals surface area contributed by atoms with E-state index in [4.69, 9.17) is 4.98 Å². The quantitative estimate of drug-likeness (QED) is 0.201. The molecule has 0 saturated heterocycles. The van der Waals surface area contributed by atoms with Crippen LogP contribution in [0.15, 0.2) is 60.0 Å². The van der Waals surface area contributed by atoms with Gasteiger partial charge in [-0.05, 0) is 61.9 Å². The second kappa shape index (κ2) is 13.0. The highest BCUT2D eigenvalue weighted by atomic mass is 32.1. The van der Waals surface area contributed by atoms with Crippen molar-refractivity contribution in [2.24, 2.45) is 0 Å². The zero-order valence-corrected chi connectivity index (χ0v) is 23.9. The first-order valence-electron chi connectivity index (χ1n) is 13.7. The predicted molar refractivity (Wildman–Crippen MR) is 156 cm³/mol. The molecule has 0 unspecified atom stereocenters. The molecule has 4 aromatic rings. The number of benzene rings is 2. The Bertz CT molecular complexity index is 1410. The molecule has 4 rings (SSSR count). The first-order valence-corrected chi connectivity index (χ1v) is 14.6. The minimum absolute atomic E-state index is 0.318. The van der Waals surface area contributed by atoms with Crippen molar-refractivity contribution in [3.8, 4) is 0 Å². The second-order valence-corrected chi connectivity index (χ2v) is 10.9. The molecule has 2 heterocycles. The van der Waals surface area contributed by atoms with Crippen molar-refractivity contribution in [2.45, 2.75) is 77.9 Å². The molecule has 0 aliphatic heterocycles. The van der Waals surface area contributed by atoms with Gasteiger partial charge in [0, 0.05) is 28.5 Å². The Kier molecular flexibility index (Phi) is 9.51. The summed E-state index contributed by atoms with van der Waals surface area (Å²) in [7, 11) is 0. The van der Waals surface area contributed by atoms with Gasteiger partial charge in [-0.2, -0.15) is 0 Å². The number of hydrogen-bond donors (Lipinski definition) is 2. The minimum atomic E-state index is -0.732. The van der Waals surface area contributed by atoms with Crippen molar-refractivity contribution in [1.82, 2.24) is 20.2 Å². The molecule has 206 valence electrons. The predicted octanol–water partition coefficient (Wildman–Crippen LogP) is 6.96. The minimum Gasteiger partial charge on any atom is -0.348 e. The van der Waals surface area contributed by atoms with Gasteiger partial charge in [-0.1, -0.05) is 51.5 Å². The van der Waals surface area contributed by atoms with Crippen molar-refractivity contribution in [3.63, 3.8) is 0 Å². The van der Waals surface area contributed by atoms with Crippen molar-refractivity contribution in [2.75, 3.05) is 0 Å². The molecule has 6 nitrogen and oxygen atoms in total. The van der Waals surface area contributed by atoms with E-state index >= 15 is 0 Å². The highest BCUT2D eigenvalue weighted by Crippen LogP contribution is 2.28. The molecule has 0 saturated carbocycles. The lowest BCUT2D eigenvalue weighted by molar-refractivity contribution is -0.123. The van der Waals surface area contributed by atoms with Gasteiger partial charge in [0.2, 0.25) is 5.91 Å². The average molecular weight is 549 g/mol. The summed E-state index contributed by atoms with van der Waals surface area (Å²) in [5.74, 6) is -0.0516. The monoisotopic (exact) mass is 548 g/mol. The van der Waals surface area contributed by atoms with E-state index in [1.54, 1.807) is 42.5 Å². The van der Waals surface area contributed by atoms with Crippen molar-refractivity contribution in [1.29, 1.82) is 0 Å². The summed E-state index contributed by atoms with van der Waals surface area (Å²) in [5, 5.41) is 7.82. The summed E-state index contributed by atoms with van der Waals surface area (Å²) in [6.45, 7) is 8.06. The molecular weight excluding hydrogens is 511 g/mol. The number of thiophene rings is 1. The van der Waals surface area contributed by atoms with Gasteiger partial charge >= 0.3 is 0 Å². The largest absolute Gasteiger partial charge is 0.348 e. The van der Waals surface area contributed by atoms with Crippen LogP contribution in [0.4, 0.5) is 4.39 Å². The Morgan fingerprint density at radius 3 is 2.46 bits per heavy atom. The molecule has 0 fully saturated rings. The van der Waals surface area contributed by atoms with Crippen LogP contribution >= 0.6 is 11.3 Å². The molecule has 39 heavy (non-hydrogen) atoms.